The Kier molecular flexibility index (Phi) is 5.42. The van der Waals surface area contributed by atoms with Crippen molar-refractivity contribution >= 4 is 28.1 Å². The van der Waals surface area contributed by atoms with E-state index in [9.17, 15) is 9.90 Å². The van der Waals surface area contributed by atoms with Gasteiger partial charge in [-0.3, -0.25) is 0 Å². The number of amides is 1. The minimum Gasteiger partial charge on any atom is -0.508 e. The SMILES string of the molecule is CC(C)(C)OC(=O)NCC=Cc1cc(O)ccc1Br. The molecule has 1 amide bonds. The molecule has 1 aromatic carbocycles. The summed E-state index contributed by atoms with van der Waals surface area (Å²) in [7, 11) is 0. The van der Waals surface area contributed by atoms with Crippen molar-refractivity contribution in [2.75, 3.05) is 6.54 Å². The van der Waals surface area contributed by atoms with E-state index in [0.717, 1.165) is 10.0 Å². The van der Waals surface area contributed by atoms with E-state index in [1.807, 2.05) is 20.8 Å². The van der Waals surface area contributed by atoms with Crippen molar-refractivity contribution in [3.8, 4) is 5.75 Å². The number of hydrogen-bond donors (Lipinski definition) is 2. The maximum atomic E-state index is 11.4. The lowest BCUT2D eigenvalue weighted by atomic mass is 10.2. The number of nitrogens with one attached hydrogen (secondary N) is 1. The molecule has 0 aliphatic rings. The summed E-state index contributed by atoms with van der Waals surface area (Å²) in [4.78, 5) is 11.4. The zero-order valence-corrected chi connectivity index (χ0v) is 12.8. The Morgan fingerprint density at radius 1 is 1.47 bits per heavy atom. The summed E-state index contributed by atoms with van der Waals surface area (Å²) in [5, 5.41) is 12.0. The van der Waals surface area contributed by atoms with Crippen LogP contribution in [0.15, 0.2) is 28.7 Å². The smallest absolute Gasteiger partial charge is 0.407 e. The van der Waals surface area contributed by atoms with Crippen LogP contribution in [-0.2, 0) is 4.74 Å². The molecule has 0 saturated carbocycles. The highest BCUT2D eigenvalue weighted by molar-refractivity contribution is 9.10. The number of halogens is 1. The summed E-state index contributed by atoms with van der Waals surface area (Å²) in [5.41, 5.74) is 0.341. The van der Waals surface area contributed by atoms with Crippen LogP contribution in [0.1, 0.15) is 26.3 Å². The summed E-state index contributed by atoms with van der Waals surface area (Å²) in [6.45, 7) is 5.79. The largest absolute Gasteiger partial charge is 0.508 e. The van der Waals surface area contributed by atoms with E-state index in [4.69, 9.17) is 4.74 Å². The maximum Gasteiger partial charge on any atom is 0.407 e. The molecule has 0 radical (unpaired) electrons. The summed E-state index contributed by atoms with van der Waals surface area (Å²) in [6, 6.07) is 4.99. The number of alkyl carbamates (subject to hydrolysis) is 1. The molecule has 4 nitrogen and oxygen atoms in total. The Labute approximate surface area is 121 Å². The monoisotopic (exact) mass is 327 g/mol. The van der Waals surface area contributed by atoms with Gasteiger partial charge in [0, 0.05) is 11.0 Å². The number of phenolic OH excluding ortho intramolecular Hbond substituents is 1. The number of ether oxygens (including phenoxy) is 1. The lowest BCUT2D eigenvalue weighted by Gasteiger charge is -2.19. The molecule has 2 N–H and O–H groups in total. The van der Waals surface area contributed by atoms with Crippen LogP contribution in [0.2, 0.25) is 0 Å². The topological polar surface area (TPSA) is 58.6 Å². The molecule has 104 valence electrons. The summed E-state index contributed by atoms with van der Waals surface area (Å²) in [5.74, 6) is 0.197. The molecule has 0 unspecified atom stereocenters. The van der Waals surface area contributed by atoms with E-state index in [2.05, 4.69) is 21.2 Å². The third kappa shape index (κ3) is 6.29. The minimum atomic E-state index is -0.498. The van der Waals surface area contributed by atoms with Crippen molar-refractivity contribution in [2.24, 2.45) is 0 Å². The van der Waals surface area contributed by atoms with E-state index < -0.39 is 11.7 Å². The lowest BCUT2D eigenvalue weighted by Crippen LogP contribution is -2.32. The molecule has 0 aliphatic carbocycles. The number of benzene rings is 1. The molecule has 0 heterocycles. The number of hydrogen-bond acceptors (Lipinski definition) is 3. The summed E-state index contributed by atoms with van der Waals surface area (Å²) >= 11 is 3.38. The number of carbonyl (C=O) groups is 1. The first-order valence-electron chi connectivity index (χ1n) is 5.90. The van der Waals surface area contributed by atoms with Gasteiger partial charge in [0.15, 0.2) is 0 Å². The number of phenols is 1. The van der Waals surface area contributed by atoms with Gasteiger partial charge in [-0.15, -0.1) is 0 Å². The fraction of sp³-hybridized carbons (Fsp3) is 0.357. The van der Waals surface area contributed by atoms with Gasteiger partial charge in [0.05, 0.1) is 0 Å². The quantitative estimate of drug-likeness (QED) is 0.890. The van der Waals surface area contributed by atoms with Crippen LogP contribution >= 0.6 is 15.9 Å². The van der Waals surface area contributed by atoms with Crippen LogP contribution in [0.25, 0.3) is 6.08 Å². The Bertz CT molecular complexity index is 478. The average molecular weight is 328 g/mol. The third-order valence-electron chi connectivity index (χ3n) is 2.04. The van der Waals surface area contributed by atoms with E-state index in [0.29, 0.717) is 6.54 Å². The van der Waals surface area contributed by atoms with Crippen LogP contribution < -0.4 is 5.32 Å². The molecule has 0 aliphatic heterocycles. The molecule has 1 rings (SSSR count). The molecule has 0 aromatic heterocycles. The van der Waals surface area contributed by atoms with Crippen molar-refractivity contribution in [1.29, 1.82) is 0 Å². The third-order valence-corrected chi connectivity index (χ3v) is 2.76. The number of carbonyl (C=O) groups excluding carboxylic acids is 1. The first kappa shape index (κ1) is 15.6. The average Bonchev–Trinajstić information content (AvgIpc) is 2.26. The van der Waals surface area contributed by atoms with Crippen molar-refractivity contribution in [3.05, 3.63) is 34.3 Å². The molecule has 0 saturated heterocycles. The zero-order chi connectivity index (χ0) is 14.5. The standard InChI is InChI=1S/C14H18BrNO3/c1-14(2,3)19-13(18)16-8-4-5-10-9-11(17)6-7-12(10)15/h4-7,9,17H,8H2,1-3H3,(H,16,18). The maximum absolute atomic E-state index is 11.4. The van der Waals surface area contributed by atoms with E-state index in [1.165, 1.54) is 0 Å². The zero-order valence-electron chi connectivity index (χ0n) is 11.2. The van der Waals surface area contributed by atoms with Gasteiger partial charge in [-0.05, 0) is 44.5 Å². The first-order chi connectivity index (χ1) is 8.78. The normalized spacial score (nSPS) is 11.6. The highest BCUT2D eigenvalue weighted by atomic mass is 79.9. The molecule has 0 bridgehead atoms. The number of aromatic hydroxyl groups is 1. The van der Waals surface area contributed by atoms with Crippen LogP contribution in [0.5, 0.6) is 5.75 Å². The van der Waals surface area contributed by atoms with Crippen molar-refractivity contribution < 1.29 is 14.6 Å². The van der Waals surface area contributed by atoms with Gasteiger partial charge in [0.25, 0.3) is 0 Å². The first-order valence-corrected chi connectivity index (χ1v) is 6.69. The summed E-state index contributed by atoms with van der Waals surface area (Å²) < 4.78 is 5.97. The molecular weight excluding hydrogens is 310 g/mol. The Hall–Kier alpha value is -1.49. The molecule has 0 fully saturated rings. The number of rotatable bonds is 3. The minimum absolute atomic E-state index is 0.197. The molecular formula is C14H18BrNO3. The van der Waals surface area contributed by atoms with Crippen molar-refractivity contribution in [2.45, 2.75) is 26.4 Å². The fourth-order valence-corrected chi connectivity index (χ4v) is 1.68. The van der Waals surface area contributed by atoms with E-state index >= 15 is 0 Å². The van der Waals surface area contributed by atoms with Crippen LogP contribution in [0.4, 0.5) is 4.79 Å². The van der Waals surface area contributed by atoms with Crippen molar-refractivity contribution in [3.63, 3.8) is 0 Å². The Morgan fingerprint density at radius 3 is 2.79 bits per heavy atom. The fourth-order valence-electron chi connectivity index (χ4n) is 1.30. The van der Waals surface area contributed by atoms with Crippen LogP contribution in [0, 0.1) is 0 Å². The molecule has 0 spiro atoms. The Morgan fingerprint density at radius 2 is 2.16 bits per heavy atom. The predicted molar refractivity (Wildman–Crippen MR) is 79.1 cm³/mol. The second kappa shape index (κ2) is 6.61. The van der Waals surface area contributed by atoms with Gasteiger partial charge in [-0.2, -0.15) is 0 Å². The van der Waals surface area contributed by atoms with Gasteiger partial charge in [-0.1, -0.05) is 28.1 Å². The van der Waals surface area contributed by atoms with Crippen LogP contribution in [-0.4, -0.2) is 23.3 Å². The van der Waals surface area contributed by atoms with Crippen LogP contribution in [0.3, 0.4) is 0 Å². The molecule has 0 atom stereocenters. The van der Waals surface area contributed by atoms with Gasteiger partial charge in [0.1, 0.15) is 11.4 Å². The Balaban J connectivity index is 2.47. The molecule has 19 heavy (non-hydrogen) atoms. The van der Waals surface area contributed by atoms with E-state index in [-0.39, 0.29) is 5.75 Å². The second-order valence-electron chi connectivity index (χ2n) is 4.99. The predicted octanol–water partition coefficient (Wildman–Crippen LogP) is 3.69. The summed E-state index contributed by atoms with van der Waals surface area (Å²) in [6.07, 6.45) is 3.14. The highest BCUT2D eigenvalue weighted by Crippen LogP contribution is 2.22. The molecule has 5 heteroatoms. The highest BCUT2D eigenvalue weighted by Gasteiger charge is 2.14. The van der Waals surface area contributed by atoms with Gasteiger partial charge in [0.2, 0.25) is 0 Å². The van der Waals surface area contributed by atoms with Gasteiger partial charge < -0.3 is 15.2 Å². The van der Waals surface area contributed by atoms with E-state index in [1.54, 1.807) is 30.4 Å². The molecule has 1 aromatic rings. The van der Waals surface area contributed by atoms with Crippen molar-refractivity contribution in [1.82, 2.24) is 5.32 Å². The lowest BCUT2D eigenvalue weighted by molar-refractivity contribution is 0.0534. The van der Waals surface area contributed by atoms with Gasteiger partial charge >= 0.3 is 6.09 Å². The van der Waals surface area contributed by atoms with Gasteiger partial charge in [-0.25, -0.2) is 4.79 Å². The second-order valence-corrected chi connectivity index (χ2v) is 5.85.